The van der Waals surface area contributed by atoms with Crippen LogP contribution in [0.15, 0.2) is 0 Å². The minimum absolute atomic E-state index is 0.117. The van der Waals surface area contributed by atoms with E-state index in [0.717, 1.165) is 25.7 Å². The molecule has 1 rings (SSSR count). The van der Waals surface area contributed by atoms with Crippen molar-refractivity contribution in [1.29, 1.82) is 0 Å². The summed E-state index contributed by atoms with van der Waals surface area (Å²) in [5.74, 6) is 0.797. The van der Waals surface area contributed by atoms with Crippen LogP contribution in [0.25, 0.3) is 0 Å². The molecule has 1 N–H and O–H groups in total. The third-order valence-electron chi connectivity index (χ3n) is 3.36. The molecule has 2 heteroatoms. The number of nitrogens with one attached hydrogen (secondary N) is 1. The second kappa shape index (κ2) is 3.46. The Morgan fingerprint density at radius 1 is 1.42 bits per heavy atom. The molecule has 1 fully saturated rings. The Balaban J connectivity index is 2.78. The molecule has 1 aliphatic heterocycles. The zero-order valence-corrected chi connectivity index (χ0v) is 8.31. The molecule has 0 aromatic heterocycles. The predicted octanol–water partition coefficient (Wildman–Crippen LogP) is 2.09. The smallest absolute Gasteiger partial charge is 0.220 e. The largest absolute Gasteiger partial charge is 0.350 e. The molecule has 0 bridgehead atoms. The average molecular weight is 169 g/mol. The quantitative estimate of drug-likeness (QED) is 0.688. The third-order valence-corrected chi connectivity index (χ3v) is 3.36. The van der Waals surface area contributed by atoms with E-state index in [1.165, 1.54) is 0 Å². The minimum atomic E-state index is 0.117. The normalized spacial score (nSPS) is 27.2. The Kier molecular flexibility index (Phi) is 2.76. The summed E-state index contributed by atoms with van der Waals surface area (Å²) in [7, 11) is 0. The second-order valence-electron chi connectivity index (χ2n) is 3.72. The van der Waals surface area contributed by atoms with Crippen LogP contribution in [-0.4, -0.2) is 11.4 Å². The molecule has 1 unspecified atom stereocenters. The lowest BCUT2D eigenvalue weighted by atomic mass is 9.79. The number of carbonyl (C=O) groups excluding carboxylic acids is 1. The summed E-state index contributed by atoms with van der Waals surface area (Å²) in [5.41, 5.74) is 0.117. The van der Waals surface area contributed by atoms with Crippen molar-refractivity contribution < 1.29 is 4.79 Å². The average Bonchev–Trinajstić information content (AvgIpc) is 2.42. The first kappa shape index (κ1) is 9.56. The first-order valence-corrected chi connectivity index (χ1v) is 4.99. The maximum absolute atomic E-state index is 11.2. The highest BCUT2D eigenvalue weighted by molar-refractivity contribution is 5.80. The summed E-state index contributed by atoms with van der Waals surface area (Å²) in [4.78, 5) is 11.2. The van der Waals surface area contributed by atoms with E-state index in [1.807, 2.05) is 0 Å². The maximum atomic E-state index is 11.2. The molecule has 1 saturated heterocycles. The fourth-order valence-corrected chi connectivity index (χ4v) is 2.39. The Labute approximate surface area is 74.7 Å². The highest BCUT2D eigenvalue weighted by Gasteiger charge is 2.42. The summed E-state index contributed by atoms with van der Waals surface area (Å²) >= 11 is 0. The molecule has 1 atom stereocenters. The number of hydrogen-bond donors (Lipinski definition) is 1. The van der Waals surface area contributed by atoms with Gasteiger partial charge in [-0.2, -0.15) is 0 Å². The van der Waals surface area contributed by atoms with Crippen molar-refractivity contribution in [3.63, 3.8) is 0 Å². The lowest BCUT2D eigenvalue weighted by molar-refractivity contribution is -0.119. The summed E-state index contributed by atoms with van der Waals surface area (Å²) in [6.45, 7) is 6.50. The highest BCUT2D eigenvalue weighted by atomic mass is 16.2. The Bertz CT molecular complexity index is 173. The van der Waals surface area contributed by atoms with E-state index >= 15 is 0 Å². The maximum Gasteiger partial charge on any atom is 0.220 e. The summed E-state index contributed by atoms with van der Waals surface area (Å²) in [5, 5.41) is 3.13. The molecule has 0 aliphatic carbocycles. The van der Waals surface area contributed by atoms with Gasteiger partial charge in [-0.05, 0) is 18.8 Å². The van der Waals surface area contributed by atoms with Crippen molar-refractivity contribution in [2.75, 3.05) is 0 Å². The van der Waals surface area contributed by atoms with Gasteiger partial charge in [-0.1, -0.05) is 27.2 Å². The fraction of sp³-hybridized carbons (Fsp3) is 0.900. The van der Waals surface area contributed by atoms with Crippen LogP contribution in [0.2, 0.25) is 0 Å². The van der Waals surface area contributed by atoms with Crippen LogP contribution in [0.5, 0.6) is 0 Å². The number of amides is 1. The van der Waals surface area contributed by atoms with Gasteiger partial charge in [-0.3, -0.25) is 4.79 Å². The first-order chi connectivity index (χ1) is 5.68. The van der Waals surface area contributed by atoms with Gasteiger partial charge in [0.15, 0.2) is 0 Å². The van der Waals surface area contributed by atoms with Crippen LogP contribution in [0, 0.1) is 5.92 Å². The van der Waals surface area contributed by atoms with Gasteiger partial charge in [0.1, 0.15) is 0 Å². The van der Waals surface area contributed by atoms with Gasteiger partial charge in [-0.25, -0.2) is 0 Å². The van der Waals surface area contributed by atoms with Crippen LogP contribution in [0.1, 0.15) is 46.5 Å². The van der Waals surface area contributed by atoms with E-state index in [2.05, 4.69) is 26.1 Å². The zero-order chi connectivity index (χ0) is 9.19. The number of hydrogen-bond acceptors (Lipinski definition) is 1. The minimum Gasteiger partial charge on any atom is -0.350 e. The first-order valence-electron chi connectivity index (χ1n) is 4.99. The fourth-order valence-electron chi connectivity index (χ4n) is 2.39. The van der Waals surface area contributed by atoms with Crippen LogP contribution in [-0.2, 0) is 4.79 Å². The Hall–Kier alpha value is -0.530. The van der Waals surface area contributed by atoms with E-state index in [1.54, 1.807) is 0 Å². The van der Waals surface area contributed by atoms with Crippen LogP contribution in [0.3, 0.4) is 0 Å². The molecule has 1 amide bonds. The van der Waals surface area contributed by atoms with Crippen LogP contribution < -0.4 is 5.32 Å². The molecule has 0 aromatic carbocycles. The summed E-state index contributed by atoms with van der Waals surface area (Å²) < 4.78 is 0. The zero-order valence-electron chi connectivity index (χ0n) is 8.31. The molecule has 0 aromatic rings. The van der Waals surface area contributed by atoms with E-state index < -0.39 is 0 Å². The van der Waals surface area contributed by atoms with Gasteiger partial charge >= 0.3 is 0 Å². The van der Waals surface area contributed by atoms with Crippen molar-refractivity contribution in [1.82, 2.24) is 5.32 Å². The monoisotopic (exact) mass is 169 g/mol. The highest BCUT2D eigenvalue weighted by Crippen LogP contribution is 2.35. The van der Waals surface area contributed by atoms with E-state index in [-0.39, 0.29) is 11.4 Å². The Morgan fingerprint density at radius 3 is 2.33 bits per heavy atom. The van der Waals surface area contributed by atoms with Gasteiger partial charge < -0.3 is 5.32 Å². The van der Waals surface area contributed by atoms with Crippen LogP contribution in [0.4, 0.5) is 0 Å². The topological polar surface area (TPSA) is 29.1 Å². The molecular weight excluding hydrogens is 150 g/mol. The molecule has 0 saturated carbocycles. The molecular formula is C10H19NO. The predicted molar refractivity (Wildman–Crippen MR) is 49.9 cm³/mol. The van der Waals surface area contributed by atoms with Crippen molar-refractivity contribution in [2.45, 2.75) is 52.0 Å². The van der Waals surface area contributed by atoms with Crippen molar-refractivity contribution in [3.05, 3.63) is 0 Å². The second-order valence-corrected chi connectivity index (χ2v) is 3.72. The molecule has 0 radical (unpaired) electrons. The van der Waals surface area contributed by atoms with Gasteiger partial charge in [-0.15, -0.1) is 0 Å². The van der Waals surface area contributed by atoms with Gasteiger partial charge in [0.25, 0.3) is 0 Å². The number of carbonyl (C=O) groups is 1. The van der Waals surface area contributed by atoms with Crippen molar-refractivity contribution in [2.24, 2.45) is 5.92 Å². The molecule has 1 heterocycles. The molecule has 12 heavy (non-hydrogen) atoms. The molecule has 0 spiro atoms. The summed E-state index contributed by atoms with van der Waals surface area (Å²) in [6, 6.07) is 0. The number of rotatable bonds is 3. The van der Waals surface area contributed by atoms with Crippen molar-refractivity contribution >= 4 is 5.91 Å². The van der Waals surface area contributed by atoms with Gasteiger partial charge in [0, 0.05) is 12.0 Å². The van der Waals surface area contributed by atoms with E-state index in [4.69, 9.17) is 0 Å². The summed E-state index contributed by atoms with van der Waals surface area (Å²) in [6.07, 6.45) is 3.97. The van der Waals surface area contributed by atoms with Crippen LogP contribution >= 0.6 is 0 Å². The van der Waals surface area contributed by atoms with E-state index in [0.29, 0.717) is 5.92 Å². The lowest BCUT2D eigenvalue weighted by Crippen LogP contribution is -2.44. The Morgan fingerprint density at radius 2 is 2.00 bits per heavy atom. The molecule has 70 valence electrons. The molecule has 1 aliphatic rings. The standard InChI is InChI=1S/C10H19NO/c1-4-8-7-9(12)11-10(8,5-2)6-3/h8H,4-7H2,1-3H3,(H,11,12). The van der Waals surface area contributed by atoms with Gasteiger partial charge in [0.05, 0.1) is 0 Å². The van der Waals surface area contributed by atoms with E-state index in [9.17, 15) is 4.79 Å². The van der Waals surface area contributed by atoms with Gasteiger partial charge in [0.2, 0.25) is 5.91 Å². The molecule has 2 nitrogen and oxygen atoms in total. The lowest BCUT2D eigenvalue weighted by Gasteiger charge is -2.32. The third kappa shape index (κ3) is 1.35. The SMILES string of the molecule is CCC1CC(=O)NC1(CC)CC. The van der Waals surface area contributed by atoms with Crippen molar-refractivity contribution in [3.8, 4) is 0 Å².